The Balaban J connectivity index is 2.17. The van der Waals surface area contributed by atoms with Crippen LogP contribution in [0.25, 0.3) is 0 Å². The summed E-state index contributed by atoms with van der Waals surface area (Å²) in [6, 6.07) is 4.37. The van der Waals surface area contributed by atoms with Gasteiger partial charge >= 0.3 is 5.97 Å². The van der Waals surface area contributed by atoms with Gasteiger partial charge in [-0.15, -0.1) is 0 Å². The highest BCUT2D eigenvalue weighted by atomic mass is 16.5. The summed E-state index contributed by atoms with van der Waals surface area (Å²) in [6.45, 7) is 1.89. The predicted molar refractivity (Wildman–Crippen MR) is 100 cm³/mol. The fraction of sp³-hybridized carbons (Fsp3) is 0.600. The molecule has 7 heteroatoms. The van der Waals surface area contributed by atoms with Gasteiger partial charge in [-0.2, -0.15) is 0 Å². The molecule has 150 valence electrons. The van der Waals surface area contributed by atoms with E-state index in [-0.39, 0.29) is 18.4 Å². The van der Waals surface area contributed by atoms with Gasteiger partial charge < -0.3 is 24.6 Å². The molecule has 27 heavy (non-hydrogen) atoms. The Morgan fingerprint density at radius 3 is 2.48 bits per heavy atom. The highest BCUT2D eigenvalue weighted by Gasteiger charge is 2.28. The van der Waals surface area contributed by atoms with E-state index >= 15 is 0 Å². The molecular formula is C20H29NO6. The van der Waals surface area contributed by atoms with Crippen LogP contribution >= 0.6 is 0 Å². The van der Waals surface area contributed by atoms with Crippen LogP contribution in [0.5, 0.6) is 11.5 Å². The van der Waals surface area contributed by atoms with Crippen molar-refractivity contribution in [2.45, 2.75) is 63.7 Å². The molecule has 7 nitrogen and oxygen atoms in total. The first-order valence-corrected chi connectivity index (χ1v) is 9.38. The second-order valence-corrected chi connectivity index (χ2v) is 6.71. The van der Waals surface area contributed by atoms with Crippen molar-refractivity contribution in [3.8, 4) is 11.5 Å². The van der Waals surface area contributed by atoms with Gasteiger partial charge in [-0.1, -0.05) is 19.8 Å². The van der Waals surface area contributed by atoms with Crippen LogP contribution in [0, 0.1) is 0 Å². The molecule has 0 spiro atoms. The Labute approximate surface area is 160 Å². The Kier molecular flexibility index (Phi) is 7.91. The minimum absolute atomic E-state index is 0.106. The van der Waals surface area contributed by atoms with E-state index in [1.165, 1.54) is 14.2 Å². The monoisotopic (exact) mass is 379 g/mol. The van der Waals surface area contributed by atoms with Crippen molar-refractivity contribution in [3.63, 3.8) is 0 Å². The fourth-order valence-electron chi connectivity index (χ4n) is 3.38. The van der Waals surface area contributed by atoms with Crippen molar-refractivity contribution in [1.82, 2.24) is 5.32 Å². The third kappa shape index (κ3) is 5.85. The number of methoxy groups -OCH3 is 2. The van der Waals surface area contributed by atoms with Crippen LogP contribution in [0.2, 0.25) is 0 Å². The molecule has 1 saturated carbocycles. The van der Waals surface area contributed by atoms with E-state index in [1.54, 1.807) is 18.2 Å². The first kappa shape index (κ1) is 21.0. The number of ether oxygens (including phenoxy) is 3. The number of carbonyl (C=O) groups excluding carboxylic acids is 1. The highest BCUT2D eigenvalue weighted by Crippen LogP contribution is 2.31. The number of rotatable bonds is 10. The number of benzene rings is 1. The van der Waals surface area contributed by atoms with Crippen molar-refractivity contribution in [1.29, 1.82) is 0 Å². The van der Waals surface area contributed by atoms with Crippen LogP contribution in [0.1, 0.15) is 57.1 Å². The summed E-state index contributed by atoms with van der Waals surface area (Å²) < 4.78 is 16.5. The predicted octanol–water partition coefficient (Wildman–Crippen LogP) is 3.07. The van der Waals surface area contributed by atoms with E-state index in [4.69, 9.17) is 14.2 Å². The zero-order valence-electron chi connectivity index (χ0n) is 16.2. The maximum absolute atomic E-state index is 12.8. The topological polar surface area (TPSA) is 94.1 Å². The van der Waals surface area contributed by atoms with Crippen LogP contribution in [0.4, 0.5) is 0 Å². The number of carboxylic acids is 1. The number of carbonyl (C=O) groups is 2. The SMILES string of the molecule is CCC(OC1CCCC1)C(=O)NC(CC(=O)O)c1ccc(OC)cc1OC. The maximum atomic E-state index is 12.8. The zero-order chi connectivity index (χ0) is 19.8. The van der Waals surface area contributed by atoms with Crippen molar-refractivity contribution >= 4 is 11.9 Å². The molecule has 1 aromatic rings. The van der Waals surface area contributed by atoms with Crippen LogP contribution < -0.4 is 14.8 Å². The summed E-state index contributed by atoms with van der Waals surface area (Å²) >= 11 is 0. The van der Waals surface area contributed by atoms with Crippen molar-refractivity contribution in [3.05, 3.63) is 23.8 Å². The Morgan fingerprint density at radius 2 is 1.93 bits per heavy atom. The van der Waals surface area contributed by atoms with E-state index in [0.717, 1.165) is 25.7 Å². The Hall–Kier alpha value is -2.28. The number of carboxylic acid groups (broad SMARTS) is 1. The van der Waals surface area contributed by atoms with Gasteiger partial charge in [0.15, 0.2) is 0 Å². The van der Waals surface area contributed by atoms with Crippen LogP contribution in [-0.2, 0) is 14.3 Å². The van der Waals surface area contributed by atoms with Gasteiger partial charge in [0.25, 0.3) is 0 Å². The summed E-state index contributed by atoms with van der Waals surface area (Å²) in [7, 11) is 3.03. The normalized spacial score (nSPS) is 16.6. The molecule has 2 atom stereocenters. The quantitative estimate of drug-likeness (QED) is 0.649. The number of aliphatic carboxylic acids is 1. The van der Waals surface area contributed by atoms with Crippen molar-refractivity contribution in [2.75, 3.05) is 14.2 Å². The zero-order valence-corrected chi connectivity index (χ0v) is 16.2. The minimum atomic E-state index is -1.01. The first-order valence-electron chi connectivity index (χ1n) is 9.38. The number of hydrogen-bond acceptors (Lipinski definition) is 5. The molecule has 0 aliphatic heterocycles. The van der Waals surface area contributed by atoms with Crippen LogP contribution in [-0.4, -0.2) is 43.4 Å². The molecule has 2 unspecified atom stereocenters. The van der Waals surface area contributed by atoms with Gasteiger partial charge in [0.05, 0.1) is 32.8 Å². The van der Waals surface area contributed by atoms with Gasteiger partial charge in [0, 0.05) is 11.6 Å². The third-order valence-electron chi connectivity index (χ3n) is 4.83. The Bertz CT molecular complexity index is 641. The summed E-state index contributed by atoms with van der Waals surface area (Å²) in [5.74, 6) is -0.255. The Morgan fingerprint density at radius 1 is 1.22 bits per heavy atom. The standard InChI is InChI=1S/C20H29NO6/c1-4-17(27-13-7-5-6-8-13)20(24)21-16(12-19(22)23)15-10-9-14(25-2)11-18(15)26-3/h9-11,13,16-17H,4-8,12H2,1-3H3,(H,21,24)(H,22,23). The molecule has 1 aromatic carbocycles. The van der Waals surface area contributed by atoms with E-state index in [1.807, 2.05) is 6.92 Å². The fourth-order valence-corrected chi connectivity index (χ4v) is 3.38. The summed E-state index contributed by atoms with van der Waals surface area (Å²) in [5.41, 5.74) is 0.588. The molecule has 0 saturated heterocycles. The second-order valence-electron chi connectivity index (χ2n) is 6.71. The molecule has 1 aliphatic carbocycles. The van der Waals surface area contributed by atoms with E-state index in [9.17, 15) is 14.7 Å². The van der Waals surface area contributed by atoms with Gasteiger partial charge in [-0.25, -0.2) is 0 Å². The van der Waals surface area contributed by atoms with Gasteiger partial charge in [-0.05, 0) is 31.4 Å². The van der Waals surface area contributed by atoms with E-state index < -0.39 is 18.1 Å². The average molecular weight is 379 g/mol. The van der Waals surface area contributed by atoms with Gasteiger partial charge in [0.1, 0.15) is 17.6 Å². The molecule has 1 fully saturated rings. The molecule has 1 amide bonds. The number of amides is 1. The maximum Gasteiger partial charge on any atom is 0.305 e. The summed E-state index contributed by atoms with van der Waals surface area (Å²) in [5, 5.41) is 12.1. The van der Waals surface area contributed by atoms with Gasteiger partial charge in [-0.3, -0.25) is 9.59 Å². The molecule has 0 heterocycles. The van der Waals surface area contributed by atoms with Gasteiger partial charge in [0.2, 0.25) is 5.91 Å². The van der Waals surface area contributed by atoms with Crippen LogP contribution in [0.15, 0.2) is 18.2 Å². The summed E-state index contributed by atoms with van der Waals surface area (Å²) in [6.07, 6.45) is 3.96. The minimum Gasteiger partial charge on any atom is -0.497 e. The molecular weight excluding hydrogens is 350 g/mol. The molecule has 2 N–H and O–H groups in total. The smallest absolute Gasteiger partial charge is 0.305 e. The van der Waals surface area contributed by atoms with E-state index in [2.05, 4.69) is 5.32 Å². The first-order chi connectivity index (χ1) is 13.0. The lowest BCUT2D eigenvalue weighted by molar-refractivity contribution is -0.140. The van der Waals surface area contributed by atoms with Crippen molar-refractivity contribution in [2.24, 2.45) is 0 Å². The molecule has 0 aromatic heterocycles. The molecule has 1 aliphatic rings. The molecule has 0 radical (unpaired) electrons. The molecule has 2 rings (SSSR count). The van der Waals surface area contributed by atoms with E-state index in [0.29, 0.717) is 23.5 Å². The largest absolute Gasteiger partial charge is 0.497 e. The lowest BCUT2D eigenvalue weighted by Crippen LogP contribution is -2.40. The highest BCUT2D eigenvalue weighted by molar-refractivity contribution is 5.82. The number of nitrogens with one attached hydrogen (secondary N) is 1. The lowest BCUT2D eigenvalue weighted by Gasteiger charge is -2.25. The van der Waals surface area contributed by atoms with Crippen LogP contribution in [0.3, 0.4) is 0 Å². The summed E-state index contributed by atoms with van der Waals surface area (Å²) in [4.78, 5) is 24.1. The second kappa shape index (κ2) is 10.2. The lowest BCUT2D eigenvalue weighted by atomic mass is 10.0. The molecule has 0 bridgehead atoms. The van der Waals surface area contributed by atoms with Crippen molar-refractivity contribution < 1.29 is 28.9 Å². The third-order valence-corrected chi connectivity index (χ3v) is 4.83. The number of hydrogen-bond donors (Lipinski definition) is 2. The average Bonchev–Trinajstić information content (AvgIpc) is 3.17.